The number of hydrogen-bond donors (Lipinski definition) is 0. The molecule has 0 radical (unpaired) electrons. The van der Waals surface area contributed by atoms with Crippen molar-refractivity contribution in [2.24, 2.45) is 11.8 Å². The maximum atomic E-state index is 13.1. The van der Waals surface area contributed by atoms with Crippen molar-refractivity contribution in [3.05, 3.63) is 54.2 Å². The van der Waals surface area contributed by atoms with Gasteiger partial charge >= 0.3 is 0 Å². The number of thiazole rings is 1. The van der Waals surface area contributed by atoms with Gasteiger partial charge in [0.2, 0.25) is 0 Å². The average molecular weight is 434 g/mol. The van der Waals surface area contributed by atoms with Gasteiger partial charge in [0.25, 0.3) is 5.91 Å². The molecule has 31 heavy (non-hydrogen) atoms. The van der Waals surface area contributed by atoms with Gasteiger partial charge in [0.1, 0.15) is 5.75 Å². The Balaban J connectivity index is 1.43. The normalized spacial score (nSPS) is 19.3. The lowest BCUT2D eigenvalue weighted by atomic mass is 9.91. The molecule has 0 N–H and O–H groups in total. The van der Waals surface area contributed by atoms with Crippen LogP contribution in [0.4, 0.5) is 0 Å². The van der Waals surface area contributed by atoms with Crippen LogP contribution in [0.3, 0.4) is 0 Å². The number of aromatic nitrogens is 2. The van der Waals surface area contributed by atoms with Crippen molar-refractivity contribution < 1.29 is 9.53 Å². The number of imidazole rings is 1. The summed E-state index contributed by atoms with van der Waals surface area (Å²) in [5.74, 6) is 2.12. The number of amides is 1. The Hall–Kier alpha value is -2.86. The summed E-state index contributed by atoms with van der Waals surface area (Å²) >= 11 is 1.62. The van der Waals surface area contributed by atoms with Gasteiger partial charge in [-0.25, -0.2) is 4.98 Å². The molecule has 1 fully saturated rings. The second-order valence-corrected chi connectivity index (χ2v) is 9.69. The quantitative estimate of drug-likeness (QED) is 0.413. The van der Waals surface area contributed by atoms with Crippen molar-refractivity contribution in [2.75, 3.05) is 19.7 Å². The van der Waals surface area contributed by atoms with Crippen LogP contribution >= 0.6 is 11.3 Å². The van der Waals surface area contributed by atoms with Crippen LogP contribution in [-0.4, -0.2) is 39.9 Å². The third-order valence-corrected chi connectivity index (χ3v) is 6.98. The fourth-order valence-electron chi connectivity index (χ4n) is 4.67. The van der Waals surface area contributed by atoms with E-state index < -0.39 is 0 Å². The first kappa shape index (κ1) is 20.1. The van der Waals surface area contributed by atoms with Crippen molar-refractivity contribution in [2.45, 2.75) is 27.2 Å². The molecule has 4 aromatic rings. The summed E-state index contributed by atoms with van der Waals surface area (Å²) in [7, 11) is 0. The number of ether oxygens (including phenoxy) is 1. The number of benzene rings is 2. The molecular weight excluding hydrogens is 406 g/mol. The number of rotatable bonds is 4. The first-order chi connectivity index (χ1) is 15.0. The lowest BCUT2D eigenvalue weighted by Crippen LogP contribution is -2.42. The highest BCUT2D eigenvalue weighted by Crippen LogP contribution is 2.31. The lowest BCUT2D eigenvalue weighted by molar-refractivity contribution is 0.0623. The van der Waals surface area contributed by atoms with Gasteiger partial charge < -0.3 is 9.64 Å². The van der Waals surface area contributed by atoms with Gasteiger partial charge in [-0.05, 0) is 67.6 Å². The molecule has 1 saturated heterocycles. The Morgan fingerprint density at radius 1 is 1.13 bits per heavy atom. The molecule has 0 saturated carbocycles. The fourth-order valence-corrected chi connectivity index (χ4v) is 5.72. The molecule has 1 amide bonds. The number of hydrogen-bond acceptors (Lipinski definition) is 4. The Morgan fingerprint density at radius 3 is 2.58 bits per heavy atom. The molecule has 0 aliphatic carbocycles. The zero-order valence-electron chi connectivity index (χ0n) is 18.2. The predicted molar refractivity (Wildman–Crippen MR) is 126 cm³/mol. The standard InChI is InChI=1S/C25H27N3O2S/c1-4-30-20-8-5-18(6-9-20)21-15-28-22-10-7-19(12-23(22)31-25(28)26-21)24(29)27-13-16(2)11-17(3)14-27/h5-10,12,15-17H,4,11,13-14H2,1-3H3/t16-,17-/m0/s1. The summed E-state index contributed by atoms with van der Waals surface area (Å²) in [6.07, 6.45) is 3.26. The van der Waals surface area contributed by atoms with Gasteiger partial charge in [-0.1, -0.05) is 25.2 Å². The van der Waals surface area contributed by atoms with Gasteiger partial charge in [0, 0.05) is 30.4 Å². The molecule has 5 rings (SSSR count). The van der Waals surface area contributed by atoms with E-state index in [2.05, 4.69) is 24.4 Å². The number of carbonyl (C=O) groups is 1. The highest BCUT2D eigenvalue weighted by Gasteiger charge is 2.26. The third-order valence-electron chi connectivity index (χ3n) is 5.96. The van der Waals surface area contributed by atoms with E-state index in [1.54, 1.807) is 11.3 Å². The summed E-state index contributed by atoms with van der Waals surface area (Å²) in [6, 6.07) is 14.1. The minimum atomic E-state index is 0.140. The highest BCUT2D eigenvalue weighted by atomic mass is 32.1. The van der Waals surface area contributed by atoms with E-state index >= 15 is 0 Å². The smallest absolute Gasteiger partial charge is 0.253 e. The molecule has 0 unspecified atom stereocenters. The second kappa shape index (κ2) is 8.00. The van der Waals surface area contributed by atoms with Crippen molar-refractivity contribution >= 4 is 32.4 Å². The molecule has 6 heteroatoms. The minimum Gasteiger partial charge on any atom is -0.494 e. The molecule has 0 spiro atoms. The molecule has 2 aromatic heterocycles. The van der Waals surface area contributed by atoms with E-state index in [1.807, 2.05) is 54.3 Å². The van der Waals surface area contributed by atoms with Crippen LogP contribution in [0, 0.1) is 11.8 Å². The number of nitrogens with zero attached hydrogens (tertiary/aromatic N) is 3. The van der Waals surface area contributed by atoms with Crippen LogP contribution in [0.25, 0.3) is 26.4 Å². The fraction of sp³-hybridized carbons (Fsp3) is 0.360. The molecular formula is C25H27N3O2S. The van der Waals surface area contributed by atoms with Gasteiger partial charge in [0.05, 0.1) is 22.5 Å². The van der Waals surface area contributed by atoms with Gasteiger partial charge in [-0.2, -0.15) is 0 Å². The Labute approximate surface area is 186 Å². The zero-order valence-corrected chi connectivity index (χ0v) is 19.0. The third kappa shape index (κ3) is 3.81. The van der Waals surface area contributed by atoms with E-state index in [9.17, 15) is 4.79 Å². The number of piperidine rings is 1. The molecule has 2 aromatic carbocycles. The minimum absolute atomic E-state index is 0.140. The van der Waals surface area contributed by atoms with E-state index in [0.717, 1.165) is 50.8 Å². The number of carbonyl (C=O) groups excluding carboxylic acids is 1. The second-order valence-electron chi connectivity index (χ2n) is 8.68. The number of fused-ring (bicyclic) bond motifs is 3. The number of likely N-dealkylation sites (tertiary alicyclic amines) is 1. The summed E-state index contributed by atoms with van der Waals surface area (Å²) < 4.78 is 8.73. The van der Waals surface area contributed by atoms with E-state index in [1.165, 1.54) is 6.42 Å². The molecule has 3 heterocycles. The van der Waals surface area contributed by atoms with Crippen LogP contribution in [0.1, 0.15) is 37.6 Å². The molecule has 1 aliphatic rings. The van der Waals surface area contributed by atoms with Crippen molar-refractivity contribution in [3.8, 4) is 17.0 Å². The first-order valence-corrected chi connectivity index (χ1v) is 11.8. The Kier molecular flexibility index (Phi) is 5.18. The van der Waals surface area contributed by atoms with Crippen LogP contribution in [0.2, 0.25) is 0 Å². The van der Waals surface area contributed by atoms with Crippen molar-refractivity contribution in [3.63, 3.8) is 0 Å². The van der Waals surface area contributed by atoms with Crippen molar-refractivity contribution in [1.82, 2.24) is 14.3 Å². The van der Waals surface area contributed by atoms with Crippen LogP contribution in [0.15, 0.2) is 48.7 Å². The summed E-state index contributed by atoms with van der Waals surface area (Å²) in [6.45, 7) is 8.80. The maximum Gasteiger partial charge on any atom is 0.253 e. The van der Waals surface area contributed by atoms with E-state index in [0.29, 0.717) is 18.4 Å². The topological polar surface area (TPSA) is 46.8 Å². The van der Waals surface area contributed by atoms with Gasteiger partial charge in [-0.3, -0.25) is 9.20 Å². The molecule has 5 nitrogen and oxygen atoms in total. The average Bonchev–Trinajstić information content (AvgIpc) is 3.31. The van der Waals surface area contributed by atoms with Crippen LogP contribution in [0.5, 0.6) is 5.75 Å². The monoisotopic (exact) mass is 433 g/mol. The van der Waals surface area contributed by atoms with Gasteiger partial charge in [-0.15, -0.1) is 0 Å². The Morgan fingerprint density at radius 2 is 1.87 bits per heavy atom. The van der Waals surface area contributed by atoms with Crippen LogP contribution < -0.4 is 4.74 Å². The van der Waals surface area contributed by atoms with E-state index in [4.69, 9.17) is 9.72 Å². The zero-order chi connectivity index (χ0) is 21.5. The highest BCUT2D eigenvalue weighted by molar-refractivity contribution is 7.23. The molecule has 160 valence electrons. The largest absolute Gasteiger partial charge is 0.494 e. The SMILES string of the molecule is CCOc1ccc(-c2cn3c(n2)sc2cc(C(=O)N4C[C@@H](C)C[C@H](C)C4)ccc23)cc1. The van der Waals surface area contributed by atoms with E-state index in [-0.39, 0.29) is 5.91 Å². The van der Waals surface area contributed by atoms with Gasteiger partial charge in [0.15, 0.2) is 4.96 Å². The lowest BCUT2D eigenvalue weighted by Gasteiger charge is -2.35. The summed E-state index contributed by atoms with van der Waals surface area (Å²) in [5.41, 5.74) is 3.85. The maximum absolute atomic E-state index is 13.1. The predicted octanol–water partition coefficient (Wildman–Crippen LogP) is 5.73. The van der Waals surface area contributed by atoms with Crippen LogP contribution in [-0.2, 0) is 0 Å². The molecule has 2 atom stereocenters. The van der Waals surface area contributed by atoms with Crippen molar-refractivity contribution in [1.29, 1.82) is 0 Å². The summed E-state index contributed by atoms with van der Waals surface area (Å²) in [4.78, 5) is 20.9. The Bertz CT molecular complexity index is 1230. The molecule has 1 aliphatic heterocycles. The first-order valence-electron chi connectivity index (χ1n) is 11.0. The summed E-state index contributed by atoms with van der Waals surface area (Å²) in [5, 5.41) is 0. The molecule has 0 bridgehead atoms.